The summed E-state index contributed by atoms with van der Waals surface area (Å²) in [6.45, 7) is 4.90. The van der Waals surface area contributed by atoms with Gasteiger partial charge in [0.05, 0.1) is 13.2 Å². The lowest BCUT2D eigenvalue weighted by molar-refractivity contribution is 0.0562. The van der Waals surface area contributed by atoms with Crippen molar-refractivity contribution in [2.24, 2.45) is 0 Å². The number of ether oxygens (including phenoxy) is 1. The molecule has 0 saturated carbocycles. The molecule has 4 nitrogen and oxygen atoms in total. The highest BCUT2D eigenvalue weighted by atomic mass is 16.5. The number of methoxy groups -OCH3 is 1. The fraction of sp³-hybridized carbons (Fsp3) is 0.312. The summed E-state index contributed by atoms with van der Waals surface area (Å²) in [6.07, 6.45) is 0. The lowest BCUT2D eigenvalue weighted by Crippen LogP contribution is -2.22. The molecule has 0 amide bonds. The van der Waals surface area contributed by atoms with E-state index >= 15 is 0 Å². The van der Waals surface area contributed by atoms with E-state index in [1.807, 2.05) is 25.1 Å². The third-order valence-corrected chi connectivity index (χ3v) is 3.21. The van der Waals surface area contributed by atoms with Crippen molar-refractivity contribution >= 4 is 5.97 Å². The minimum Gasteiger partial charge on any atom is -0.463 e. The molecule has 2 rings (SSSR count). The summed E-state index contributed by atoms with van der Waals surface area (Å²) in [7, 11) is 1.34. The molecule has 1 atom stereocenters. The average Bonchev–Trinajstić information content (AvgIpc) is 2.94. The zero-order valence-corrected chi connectivity index (χ0v) is 12.0. The molecule has 0 fully saturated rings. The Hall–Kier alpha value is -2.07. The van der Waals surface area contributed by atoms with Gasteiger partial charge in [0, 0.05) is 0 Å². The van der Waals surface area contributed by atoms with Gasteiger partial charge in [0.25, 0.3) is 0 Å². The Morgan fingerprint density at radius 2 is 2.05 bits per heavy atom. The van der Waals surface area contributed by atoms with Crippen LogP contribution in [-0.4, -0.2) is 19.6 Å². The maximum atomic E-state index is 11.5. The molecule has 2 aromatic rings. The van der Waals surface area contributed by atoms with Gasteiger partial charge < -0.3 is 14.5 Å². The fourth-order valence-electron chi connectivity index (χ4n) is 2.20. The molecule has 106 valence electrons. The fourth-order valence-corrected chi connectivity index (χ4v) is 2.20. The van der Waals surface area contributed by atoms with E-state index in [2.05, 4.69) is 29.1 Å². The van der Waals surface area contributed by atoms with E-state index in [1.54, 1.807) is 6.07 Å². The first-order valence-electron chi connectivity index (χ1n) is 6.64. The van der Waals surface area contributed by atoms with Gasteiger partial charge in [-0.3, -0.25) is 0 Å². The van der Waals surface area contributed by atoms with Crippen molar-refractivity contribution in [3.05, 3.63) is 59.0 Å². The van der Waals surface area contributed by atoms with Gasteiger partial charge in [-0.15, -0.1) is 0 Å². The zero-order valence-electron chi connectivity index (χ0n) is 12.0. The molecule has 1 heterocycles. The number of rotatable bonds is 5. The first kappa shape index (κ1) is 14.3. The maximum absolute atomic E-state index is 11.5. The first-order valence-corrected chi connectivity index (χ1v) is 6.64. The smallest absolute Gasteiger partial charge is 0.373 e. The van der Waals surface area contributed by atoms with E-state index in [-0.39, 0.29) is 11.8 Å². The second kappa shape index (κ2) is 6.39. The normalized spacial score (nSPS) is 12.2. The number of carbonyl (C=O) groups excluding carboxylic acids is 1. The molecular formula is C16H19NO3. The van der Waals surface area contributed by atoms with E-state index in [1.165, 1.54) is 12.7 Å². The Labute approximate surface area is 118 Å². The largest absolute Gasteiger partial charge is 0.463 e. The molecule has 0 aliphatic rings. The highest BCUT2D eigenvalue weighted by Crippen LogP contribution is 2.26. The predicted octanol–water partition coefficient (Wildman–Crippen LogP) is 3.07. The minimum atomic E-state index is -0.462. The molecule has 0 saturated heterocycles. The van der Waals surface area contributed by atoms with Crippen LogP contribution in [0.4, 0.5) is 0 Å². The summed E-state index contributed by atoms with van der Waals surface area (Å²) in [5, 5.41) is 3.38. The quantitative estimate of drug-likeness (QED) is 0.851. The van der Waals surface area contributed by atoms with Crippen LogP contribution in [0, 0.1) is 6.92 Å². The summed E-state index contributed by atoms with van der Waals surface area (Å²) in [5.74, 6) is 0.469. The highest BCUT2D eigenvalue weighted by Gasteiger charge is 2.20. The van der Waals surface area contributed by atoms with Crippen LogP contribution in [0.25, 0.3) is 0 Å². The summed E-state index contributed by atoms with van der Waals surface area (Å²) in [4.78, 5) is 11.5. The Bertz CT molecular complexity index is 589. The van der Waals surface area contributed by atoms with Gasteiger partial charge in [-0.1, -0.05) is 31.2 Å². The van der Waals surface area contributed by atoms with Gasteiger partial charge in [-0.05, 0) is 36.7 Å². The molecular weight excluding hydrogens is 254 g/mol. The molecule has 20 heavy (non-hydrogen) atoms. The minimum absolute atomic E-state index is 0.0698. The Morgan fingerprint density at radius 1 is 1.30 bits per heavy atom. The molecule has 0 radical (unpaired) electrons. The number of nitrogens with one attached hydrogen (secondary N) is 1. The van der Waals surface area contributed by atoms with Gasteiger partial charge in [-0.2, -0.15) is 0 Å². The van der Waals surface area contributed by atoms with Crippen LogP contribution in [0.1, 0.15) is 40.4 Å². The number of furan rings is 1. The second-order valence-electron chi connectivity index (χ2n) is 4.54. The third kappa shape index (κ3) is 2.91. The Kier molecular flexibility index (Phi) is 4.58. The van der Waals surface area contributed by atoms with Crippen molar-refractivity contribution in [2.45, 2.75) is 19.9 Å². The topological polar surface area (TPSA) is 51.5 Å². The maximum Gasteiger partial charge on any atom is 0.373 e. The van der Waals surface area contributed by atoms with Gasteiger partial charge in [0.2, 0.25) is 5.76 Å². The van der Waals surface area contributed by atoms with Gasteiger partial charge in [0.1, 0.15) is 5.76 Å². The molecule has 0 aliphatic heterocycles. The van der Waals surface area contributed by atoms with Crippen molar-refractivity contribution in [1.29, 1.82) is 0 Å². The van der Waals surface area contributed by atoms with E-state index in [0.717, 1.165) is 12.1 Å². The standard InChI is InChI=1S/C16H19NO3/c1-4-17-15(12-8-6-5-7-11(12)2)13-9-10-14(20-13)16(18)19-3/h5-10,15,17H,4H2,1-3H3. The lowest BCUT2D eigenvalue weighted by atomic mass is 9.99. The molecule has 1 N–H and O–H groups in total. The number of benzene rings is 1. The van der Waals surface area contributed by atoms with E-state index in [4.69, 9.17) is 4.42 Å². The summed E-state index contributed by atoms with van der Waals surface area (Å²) in [6, 6.07) is 11.5. The van der Waals surface area contributed by atoms with Crippen molar-refractivity contribution in [3.8, 4) is 0 Å². The number of esters is 1. The second-order valence-corrected chi connectivity index (χ2v) is 4.54. The third-order valence-electron chi connectivity index (χ3n) is 3.21. The molecule has 0 bridgehead atoms. The number of carbonyl (C=O) groups is 1. The van der Waals surface area contributed by atoms with Crippen LogP contribution in [-0.2, 0) is 4.74 Å². The monoisotopic (exact) mass is 273 g/mol. The number of aryl methyl sites for hydroxylation is 1. The van der Waals surface area contributed by atoms with Crippen LogP contribution in [0.2, 0.25) is 0 Å². The van der Waals surface area contributed by atoms with Crippen LogP contribution in [0.5, 0.6) is 0 Å². The van der Waals surface area contributed by atoms with Gasteiger partial charge in [0.15, 0.2) is 0 Å². The van der Waals surface area contributed by atoms with E-state index < -0.39 is 5.97 Å². The molecule has 1 aromatic heterocycles. The molecule has 0 spiro atoms. The molecule has 1 unspecified atom stereocenters. The van der Waals surface area contributed by atoms with Crippen molar-refractivity contribution in [1.82, 2.24) is 5.32 Å². The predicted molar refractivity (Wildman–Crippen MR) is 76.7 cm³/mol. The van der Waals surface area contributed by atoms with Crippen molar-refractivity contribution in [3.63, 3.8) is 0 Å². The molecule has 4 heteroatoms. The van der Waals surface area contributed by atoms with Crippen LogP contribution < -0.4 is 5.32 Å². The molecule has 1 aromatic carbocycles. The summed E-state index contributed by atoms with van der Waals surface area (Å²) in [5.41, 5.74) is 2.31. The van der Waals surface area contributed by atoms with Crippen molar-refractivity contribution in [2.75, 3.05) is 13.7 Å². The van der Waals surface area contributed by atoms with Gasteiger partial charge in [-0.25, -0.2) is 4.79 Å². The number of hydrogen-bond donors (Lipinski definition) is 1. The van der Waals surface area contributed by atoms with Crippen LogP contribution in [0.3, 0.4) is 0 Å². The molecule has 0 aliphatic carbocycles. The first-order chi connectivity index (χ1) is 9.67. The van der Waals surface area contributed by atoms with Crippen LogP contribution in [0.15, 0.2) is 40.8 Å². The van der Waals surface area contributed by atoms with Gasteiger partial charge >= 0.3 is 5.97 Å². The highest BCUT2D eigenvalue weighted by molar-refractivity contribution is 5.86. The SMILES string of the molecule is CCNC(c1ccc(C(=O)OC)o1)c1ccccc1C. The van der Waals surface area contributed by atoms with Crippen molar-refractivity contribution < 1.29 is 13.9 Å². The lowest BCUT2D eigenvalue weighted by Gasteiger charge is -2.18. The summed E-state index contributed by atoms with van der Waals surface area (Å²) >= 11 is 0. The van der Waals surface area contributed by atoms with Crippen LogP contribution >= 0.6 is 0 Å². The van der Waals surface area contributed by atoms with E-state index in [9.17, 15) is 4.79 Å². The number of hydrogen-bond acceptors (Lipinski definition) is 4. The average molecular weight is 273 g/mol. The van der Waals surface area contributed by atoms with E-state index in [0.29, 0.717) is 5.76 Å². The zero-order chi connectivity index (χ0) is 14.5. The Morgan fingerprint density at radius 3 is 2.70 bits per heavy atom. The summed E-state index contributed by atoms with van der Waals surface area (Å²) < 4.78 is 10.3. The Balaban J connectivity index is 2.36.